The van der Waals surface area contributed by atoms with Gasteiger partial charge >= 0.3 is 0 Å². The third-order valence-electron chi connectivity index (χ3n) is 3.97. The number of hydrogen-bond acceptors (Lipinski definition) is 3. The molecule has 20 heavy (non-hydrogen) atoms. The SMILES string of the molecule is Cn1nc(C(=O)NC2CCCC2C#N)c2ccccc21. The van der Waals surface area contributed by atoms with Gasteiger partial charge in [0.25, 0.3) is 5.91 Å². The standard InChI is InChI=1S/C15H16N4O/c1-19-13-8-3-2-6-11(13)14(18-19)15(20)17-12-7-4-5-10(12)9-16/h2-3,6,8,10,12H,4-5,7H2,1H3,(H,17,20). The number of fused-ring (bicyclic) bond motifs is 1. The molecule has 2 unspecified atom stereocenters. The highest BCUT2D eigenvalue weighted by Gasteiger charge is 2.29. The molecule has 102 valence electrons. The molecule has 1 aliphatic rings. The molecule has 5 nitrogen and oxygen atoms in total. The molecule has 1 aliphatic carbocycles. The highest BCUT2D eigenvalue weighted by atomic mass is 16.2. The summed E-state index contributed by atoms with van der Waals surface area (Å²) in [4.78, 5) is 12.4. The van der Waals surface area contributed by atoms with Crippen LogP contribution < -0.4 is 5.32 Å². The molecule has 3 rings (SSSR count). The average molecular weight is 268 g/mol. The van der Waals surface area contributed by atoms with E-state index in [1.54, 1.807) is 4.68 Å². The number of nitrogens with zero attached hydrogens (tertiary/aromatic N) is 3. The van der Waals surface area contributed by atoms with Crippen molar-refractivity contribution in [2.75, 3.05) is 0 Å². The monoisotopic (exact) mass is 268 g/mol. The second-order valence-corrected chi connectivity index (χ2v) is 5.24. The zero-order valence-corrected chi connectivity index (χ0v) is 11.3. The van der Waals surface area contributed by atoms with E-state index in [0.29, 0.717) is 5.69 Å². The van der Waals surface area contributed by atoms with Gasteiger partial charge in [0.15, 0.2) is 5.69 Å². The van der Waals surface area contributed by atoms with Crippen LogP contribution in [0.4, 0.5) is 0 Å². The van der Waals surface area contributed by atoms with Crippen LogP contribution in [0.2, 0.25) is 0 Å². The highest BCUT2D eigenvalue weighted by molar-refractivity contribution is 6.04. The summed E-state index contributed by atoms with van der Waals surface area (Å²) in [5.74, 6) is -0.261. The Morgan fingerprint density at radius 2 is 2.25 bits per heavy atom. The number of amides is 1. The van der Waals surface area contributed by atoms with Crippen LogP contribution in [0.3, 0.4) is 0 Å². The summed E-state index contributed by atoms with van der Waals surface area (Å²) in [7, 11) is 1.83. The van der Waals surface area contributed by atoms with Gasteiger partial charge < -0.3 is 5.32 Å². The van der Waals surface area contributed by atoms with Gasteiger partial charge in [0.2, 0.25) is 0 Å². The molecule has 2 aromatic rings. The van der Waals surface area contributed by atoms with Crippen molar-refractivity contribution in [2.24, 2.45) is 13.0 Å². The van der Waals surface area contributed by atoms with Crippen LogP contribution in [-0.4, -0.2) is 21.7 Å². The van der Waals surface area contributed by atoms with Crippen LogP contribution in [0.1, 0.15) is 29.8 Å². The van der Waals surface area contributed by atoms with Crippen LogP contribution >= 0.6 is 0 Å². The van der Waals surface area contributed by atoms with E-state index in [9.17, 15) is 4.79 Å². The molecule has 1 N–H and O–H groups in total. The van der Waals surface area contributed by atoms with Gasteiger partial charge in [-0.05, 0) is 25.3 Å². The van der Waals surface area contributed by atoms with Gasteiger partial charge in [-0.15, -0.1) is 0 Å². The Hall–Kier alpha value is -2.35. The lowest BCUT2D eigenvalue weighted by Crippen LogP contribution is -2.37. The van der Waals surface area contributed by atoms with E-state index in [1.165, 1.54) is 0 Å². The minimum absolute atomic E-state index is 0.0479. The maximum Gasteiger partial charge on any atom is 0.272 e. The first kappa shape index (κ1) is 12.7. The molecule has 0 radical (unpaired) electrons. The van der Waals surface area contributed by atoms with Crippen LogP contribution in [0.25, 0.3) is 10.9 Å². The van der Waals surface area contributed by atoms with Crippen molar-refractivity contribution < 1.29 is 4.79 Å². The molecule has 5 heteroatoms. The molecule has 0 bridgehead atoms. The fraction of sp³-hybridized carbons (Fsp3) is 0.400. The number of carbonyl (C=O) groups is 1. The summed E-state index contributed by atoms with van der Waals surface area (Å²) in [6.07, 6.45) is 2.73. The molecule has 1 aromatic heterocycles. The summed E-state index contributed by atoms with van der Waals surface area (Å²) in [6, 6.07) is 9.88. The second-order valence-electron chi connectivity index (χ2n) is 5.24. The van der Waals surface area contributed by atoms with E-state index in [1.807, 2.05) is 31.3 Å². The van der Waals surface area contributed by atoms with Gasteiger partial charge in [-0.25, -0.2) is 0 Å². The van der Waals surface area contributed by atoms with Crippen LogP contribution in [0.5, 0.6) is 0 Å². The molecule has 0 saturated heterocycles. The second kappa shape index (κ2) is 4.97. The topological polar surface area (TPSA) is 70.7 Å². The lowest BCUT2D eigenvalue weighted by molar-refractivity contribution is 0.0928. The van der Waals surface area contributed by atoms with Crippen molar-refractivity contribution in [3.63, 3.8) is 0 Å². The van der Waals surface area contributed by atoms with E-state index in [-0.39, 0.29) is 17.9 Å². The minimum Gasteiger partial charge on any atom is -0.347 e. The quantitative estimate of drug-likeness (QED) is 0.905. The fourth-order valence-corrected chi connectivity index (χ4v) is 2.91. The van der Waals surface area contributed by atoms with E-state index in [0.717, 1.165) is 30.2 Å². The minimum atomic E-state index is -0.186. The molecule has 1 aromatic carbocycles. The zero-order valence-electron chi connectivity index (χ0n) is 11.3. The number of hydrogen-bond donors (Lipinski definition) is 1. The van der Waals surface area contributed by atoms with Gasteiger partial charge in [-0.1, -0.05) is 18.2 Å². The molecule has 1 fully saturated rings. The molecule has 0 spiro atoms. The van der Waals surface area contributed by atoms with Gasteiger partial charge in [-0.3, -0.25) is 9.48 Å². The summed E-state index contributed by atoms with van der Waals surface area (Å²) in [5.41, 5.74) is 1.37. The van der Waals surface area contributed by atoms with Crippen molar-refractivity contribution in [3.8, 4) is 6.07 Å². The highest BCUT2D eigenvalue weighted by Crippen LogP contribution is 2.25. The number of rotatable bonds is 2. The molecular formula is C15H16N4O. The van der Waals surface area contributed by atoms with Gasteiger partial charge in [-0.2, -0.15) is 10.4 Å². The van der Waals surface area contributed by atoms with Crippen molar-refractivity contribution in [3.05, 3.63) is 30.0 Å². The first-order chi connectivity index (χ1) is 9.70. The van der Waals surface area contributed by atoms with E-state index in [2.05, 4.69) is 16.5 Å². The van der Waals surface area contributed by atoms with Crippen molar-refractivity contribution in [2.45, 2.75) is 25.3 Å². The number of aryl methyl sites for hydroxylation is 1. The molecule has 1 amide bonds. The average Bonchev–Trinajstić information content (AvgIpc) is 3.04. The third kappa shape index (κ3) is 2.03. The maximum absolute atomic E-state index is 12.4. The molecule has 2 atom stereocenters. The number of nitrogens with one attached hydrogen (secondary N) is 1. The first-order valence-electron chi connectivity index (χ1n) is 6.83. The Balaban J connectivity index is 1.88. The van der Waals surface area contributed by atoms with E-state index >= 15 is 0 Å². The molecule has 0 aliphatic heterocycles. The zero-order chi connectivity index (χ0) is 14.1. The Kier molecular flexibility index (Phi) is 3.15. The van der Waals surface area contributed by atoms with Crippen LogP contribution in [0.15, 0.2) is 24.3 Å². The maximum atomic E-state index is 12.4. The Morgan fingerprint density at radius 1 is 1.45 bits per heavy atom. The van der Waals surface area contributed by atoms with Gasteiger partial charge in [0, 0.05) is 18.5 Å². The van der Waals surface area contributed by atoms with Crippen molar-refractivity contribution in [1.29, 1.82) is 5.26 Å². The van der Waals surface area contributed by atoms with E-state index < -0.39 is 0 Å². The smallest absolute Gasteiger partial charge is 0.272 e. The lowest BCUT2D eigenvalue weighted by Gasteiger charge is -2.14. The Bertz CT molecular complexity index is 697. The summed E-state index contributed by atoms with van der Waals surface area (Å²) in [6.45, 7) is 0. The van der Waals surface area contributed by atoms with Gasteiger partial charge in [0.1, 0.15) is 0 Å². The van der Waals surface area contributed by atoms with Crippen LogP contribution in [0, 0.1) is 17.2 Å². The van der Waals surface area contributed by atoms with Crippen LogP contribution in [-0.2, 0) is 7.05 Å². The molecular weight excluding hydrogens is 252 g/mol. The molecule has 1 heterocycles. The third-order valence-corrected chi connectivity index (χ3v) is 3.97. The Labute approximate surface area is 117 Å². The predicted molar refractivity (Wildman–Crippen MR) is 74.9 cm³/mol. The van der Waals surface area contributed by atoms with E-state index in [4.69, 9.17) is 5.26 Å². The number of benzene rings is 1. The first-order valence-corrected chi connectivity index (χ1v) is 6.83. The number of para-hydroxylation sites is 1. The summed E-state index contributed by atoms with van der Waals surface area (Å²) >= 11 is 0. The van der Waals surface area contributed by atoms with Crippen molar-refractivity contribution in [1.82, 2.24) is 15.1 Å². The predicted octanol–water partition coefficient (Wildman–Crippen LogP) is 2.00. The number of nitriles is 1. The number of aromatic nitrogens is 2. The van der Waals surface area contributed by atoms with Crippen molar-refractivity contribution >= 4 is 16.8 Å². The fourth-order valence-electron chi connectivity index (χ4n) is 2.91. The summed E-state index contributed by atoms with van der Waals surface area (Å²) in [5, 5.41) is 17.2. The summed E-state index contributed by atoms with van der Waals surface area (Å²) < 4.78 is 1.71. The molecule has 1 saturated carbocycles. The van der Waals surface area contributed by atoms with Gasteiger partial charge in [0.05, 0.1) is 17.5 Å². The normalized spacial score (nSPS) is 21.8. The largest absolute Gasteiger partial charge is 0.347 e. The number of carbonyl (C=O) groups excluding carboxylic acids is 1. The Morgan fingerprint density at radius 3 is 3.05 bits per heavy atom. The lowest BCUT2D eigenvalue weighted by atomic mass is 10.1.